The summed E-state index contributed by atoms with van der Waals surface area (Å²) >= 11 is 0. The van der Waals surface area contributed by atoms with E-state index in [-0.39, 0.29) is 115 Å². The number of hydrogen-bond donors (Lipinski definition) is 5. The topological polar surface area (TPSA) is 258 Å². The van der Waals surface area contributed by atoms with Crippen molar-refractivity contribution in [2.45, 2.75) is 213 Å². The molecule has 0 aromatic rings. The number of carbonyl (C=O) groups is 8. The second-order valence-electron chi connectivity index (χ2n) is 21.1. The number of Topliss-reactive ketones (excluding diaryl/α,β-unsaturated/α-hetero) is 3. The Bertz CT molecular complexity index is 1750. The monoisotopic (exact) mass is 1230 g/mol. The molecule has 2 atom stereocenters. The molecule has 3 fully saturated rings. The van der Waals surface area contributed by atoms with Crippen molar-refractivity contribution < 1.29 is 72.6 Å². The number of unbranched alkanes of at least 4 members (excludes halogenated alkanes) is 16. The molecule has 1 aliphatic carbocycles. The molecule has 0 unspecified atom stereocenters. The second-order valence-corrected chi connectivity index (χ2v) is 30.6. The van der Waals surface area contributed by atoms with E-state index in [0.29, 0.717) is 82.6 Å². The highest BCUT2D eigenvalue weighted by Gasteiger charge is 2.53. The normalized spacial score (nSPS) is 17.7. The van der Waals surface area contributed by atoms with E-state index >= 15 is 0 Å². The van der Waals surface area contributed by atoms with Gasteiger partial charge >= 0.3 is 17.9 Å². The summed E-state index contributed by atoms with van der Waals surface area (Å²) in [6, 6.07) is 0. The Labute approximate surface area is 494 Å². The molecule has 0 aromatic heterocycles. The van der Waals surface area contributed by atoms with Crippen LogP contribution >= 0.6 is 64.8 Å². The van der Waals surface area contributed by atoms with Crippen LogP contribution in [0.4, 0.5) is 0 Å². The van der Waals surface area contributed by atoms with Gasteiger partial charge in [0, 0.05) is 64.1 Å². The van der Waals surface area contributed by atoms with Gasteiger partial charge in [-0.25, -0.2) is 0 Å². The Hall–Kier alpha value is -1.70. The van der Waals surface area contributed by atoms with Crippen LogP contribution < -0.4 is 10.6 Å². The fraction of sp³-hybridized carbons (Fsp3) is 0.857. The third-order valence-electron chi connectivity index (χ3n) is 14.4. The molecule has 2 aliphatic heterocycles. The van der Waals surface area contributed by atoms with Gasteiger partial charge in [0.2, 0.25) is 11.8 Å². The van der Waals surface area contributed by atoms with E-state index in [4.69, 9.17) is 24.1 Å². The van der Waals surface area contributed by atoms with E-state index in [2.05, 4.69) is 10.6 Å². The molecule has 1 saturated carbocycles. The first kappa shape index (κ1) is 71.6. The van der Waals surface area contributed by atoms with E-state index in [9.17, 15) is 48.6 Å². The second kappa shape index (κ2) is 45.7. The summed E-state index contributed by atoms with van der Waals surface area (Å²) in [5.74, 6) is -4.00. The average molecular weight is 1230 g/mol. The molecule has 79 heavy (non-hydrogen) atoms. The zero-order valence-corrected chi connectivity index (χ0v) is 51.7. The molecular weight excluding hydrogens is 1130 g/mol. The van der Waals surface area contributed by atoms with Crippen LogP contribution in [0.1, 0.15) is 205 Å². The molecule has 1 spiro atoms. The summed E-state index contributed by atoms with van der Waals surface area (Å²) in [5, 5.41) is 33.7. The third-order valence-corrected chi connectivity index (χ3v) is 28.3. The van der Waals surface area contributed by atoms with E-state index in [1.807, 2.05) is 21.6 Å². The molecule has 0 aromatic carbocycles. The summed E-state index contributed by atoms with van der Waals surface area (Å²) in [4.78, 5) is 96.8. The van der Waals surface area contributed by atoms with Crippen LogP contribution in [0.15, 0.2) is 0 Å². The number of amides is 2. The predicted octanol–water partition coefficient (Wildman–Crippen LogP) is 12.3. The SMILES string of the molecule is O=C(O)CCCCCCCCCCCCCCCCCCC(=O)CCC1CCC(C(=O)C[C@@H](CCC(=O)NCCOCCOCC(=O)CCCOCCOCC(=O)NCCCC[C@@H](C(=O)O)C2SSC3(SS2)SS3)C(=O)O)CC1. The van der Waals surface area contributed by atoms with Crippen molar-refractivity contribution >= 4 is 112 Å². The molecule has 5 N–H and O–H groups in total. The Balaban J connectivity index is 1.04. The van der Waals surface area contributed by atoms with Gasteiger partial charge in [0.1, 0.15) is 24.8 Å². The van der Waals surface area contributed by atoms with Crippen molar-refractivity contribution in [3.05, 3.63) is 0 Å². The molecular formula is C56H94N2O15S6. The Kier molecular flexibility index (Phi) is 41.4. The minimum absolute atomic E-state index is 0.00588. The van der Waals surface area contributed by atoms with Gasteiger partial charge in [0.25, 0.3) is 0 Å². The highest BCUT2D eigenvalue weighted by Crippen LogP contribution is 2.84. The maximum absolute atomic E-state index is 13.1. The highest BCUT2D eigenvalue weighted by atomic mass is 33.2. The van der Waals surface area contributed by atoms with Crippen molar-refractivity contribution in [3.8, 4) is 0 Å². The van der Waals surface area contributed by atoms with Crippen LogP contribution in [0.2, 0.25) is 0 Å². The van der Waals surface area contributed by atoms with Crippen molar-refractivity contribution in [2.24, 2.45) is 23.7 Å². The maximum atomic E-state index is 13.1. The summed E-state index contributed by atoms with van der Waals surface area (Å²) in [6.07, 6.45) is 27.3. The number of nitrogens with one attached hydrogen (secondary N) is 2. The molecule has 3 aliphatic rings. The van der Waals surface area contributed by atoms with E-state index in [1.165, 1.54) is 70.6 Å². The quantitative estimate of drug-likeness (QED) is 0.0215. The largest absolute Gasteiger partial charge is 0.481 e. The van der Waals surface area contributed by atoms with Crippen molar-refractivity contribution in [1.82, 2.24) is 10.6 Å². The van der Waals surface area contributed by atoms with Gasteiger partial charge < -0.3 is 44.9 Å². The molecule has 0 bridgehead atoms. The minimum atomic E-state index is -1.08. The Morgan fingerprint density at radius 2 is 1.00 bits per heavy atom. The molecule has 17 nitrogen and oxygen atoms in total. The smallest absolute Gasteiger partial charge is 0.308 e. The van der Waals surface area contributed by atoms with Crippen LogP contribution in [-0.4, -0.2) is 136 Å². The number of rotatable bonds is 53. The van der Waals surface area contributed by atoms with Crippen molar-refractivity contribution in [2.75, 3.05) is 65.9 Å². The highest BCUT2D eigenvalue weighted by molar-refractivity contribution is 9.14. The Morgan fingerprint density at radius 1 is 0.468 bits per heavy atom. The first-order valence-electron chi connectivity index (χ1n) is 29.4. The van der Waals surface area contributed by atoms with E-state index in [0.717, 1.165) is 51.4 Å². The third kappa shape index (κ3) is 37.3. The fourth-order valence-electron chi connectivity index (χ4n) is 9.56. The standard InChI is InChI=1S/C56H94N2O15S6/c59-46(20-15-13-11-9-7-5-3-1-2-4-6-8-10-12-14-16-23-52(64)65)30-26-43-24-27-44(28-25-43)49(61)40-45(53(66)67)29-31-50(62)58-33-35-71-37-38-72-41-47(60)21-19-34-70-36-39-73-42-51(63)57-32-18-17-22-48(54(68)69)55-74-76-56(77-75-55)78-79-56/h43-45,48,55H,1-42H2,(H,57,63)(H,58,62)(H,64,65)(H,66,67)(H,68,69)/t43?,44?,45-,48+/m1/s1. The molecule has 454 valence electrons. The molecule has 23 heteroatoms. The number of carbonyl (C=O) groups excluding carboxylic acids is 5. The summed E-state index contributed by atoms with van der Waals surface area (Å²) < 4.78 is 21.9. The summed E-state index contributed by atoms with van der Waals surface area (Å²) in [7, 11) is 10.5. The number of ketones is 3. The number of hydrogen-bond acceptors (Lipinski definition) is 18. The summed E-state index contributed by atoms with van der Waals surface area (Å²) in [5.41, 5.74) is 0. The van der Waals surface area contributed by atoms with Crippen LogP contribution in [0.5, 0.6) is 0 Å². The molecule has 2 heterocycles. The lowest BCUT2D eigenvalue weighted by Crippen LogP contribution is -2.30. The van der Waals surface area contributed by atoms with Gasteiger partial charge in [-0.05, 0) is 98.1 Å². The first-order chi connectivity index (χ1) is 38.3. The van der Waals surface area contributed by atoms with E-state index in [1.54, 1.807) is 43.2 Å². The number of ether oxygens (including phenoxy) is 4. The van der Waals surface area contributed by atoms with Crippen LogP contribution in [0, 0.1) is 23.7 Å². The maximum Gasteiger partial charge on any atom is 0.308 e. The number of carboxylic acids is 3. The fourth-order valence-corrected chi connectivity index (χ4v) is 23.4. The lowest BCUT2D eigenvalue weighted by atomic mass is 9.76. The van der Waals surface area contributed by atoms with Gasteiger partial charge in [-0.15, -0.1) is 0 Å². The van der Waals surface area contributed by atoms with E-state index < -0.39 is 29.7 Å². The van der Waals surface area contributed by atoms with Crippen LogP contribution in [-0.2, 0) is 57.3 Å². The lowest BCUT2D eigenvalue weighted by molar-refractivity contribution is -0.145. The van der Waals surface area contributed by atoms with Crippen molar-refractivity contribution in [3.63, 3.8) is 0 Å². The first-order valence-corrected chi connectivity index (χ1v) is 36.0. The average Bonchev–Trinajstić information content (AvgIpc) is 4.35. The molecule has 2 amide bonds. The minimum Gasteiger partial charge on any atom is -0.481 e. The lowest BCUT2D eigenvalue weighted by Gasteiger charge is -2.28. The zero-order chi connectivity index (χ0) is 57.2. The Morgan fingerprint density at radius 3 is 1.57 bits per heavy atom. The zero-order valence-electron chi connectivity index (χ0n) is 46.8. The van der Waals surface area contributed by atoms with Gasteiger partial charge in [-0.1, -0.05) is 139 Å². The molecule has 3 rings (SSSR count). The number of carboxylic acid groups (broad SMARTS) is 3. The van der Waals surface area contributed by atoms with Gasteiger partial charge in [0.15, 0.2) is 8.53 Å². The molecule has 0 radical (unpaired) electrons. The van der Waals surface area contributed by atoms with Crippen LogP contribution in [0.25, 0.3) is 0 Å². The van der Waals surface area contributed by atoms with Crippen molar-refractivity contribution in [1.29, 1.82) is 0 Å². The number of aliphatic carboxylic acids is 3. The summed E-state index contributed by atoms with van der Waals surface area (Å²) in [6.45, 7) is 2.04. The van der Waals surface area contributed by atoms with Gasteiger partial charge in [-0.2, -0.15) is 0 Å². The van der Waals surface area contributed by atoms with Gasteiger partial charge in [-0.3, -0.25) is 38.4 Å². The predicted molar refractivity (Wildman–Crippen MR) is 321 cm³/mol. The van der Waals surface area contributed by atoms with Crippen LogP contribution in [0.3, 0.4) is 0 Å². The van der Waals surface area contributed by atoms with Gasteiger partial charge in [0.05, 0.1) is 49.5 Å². The molecule has 2 saturated heterocycles.